The zero-order valence-electron chi connectivity index (χ0n) is 9.28. The second kappa shape index (κ2) is 4.72. The van der Waals surface area contributed by atoms with Crippen molar-refractivity contribution in [3.05, 3.63) is 22.4 Å². The molecule has 4 N–H and O–H groups in total. The fourth-order valence-corrected chi connectivity index (χ4v) is 1.85. The summed E-state index contributed by atoms with van der Waals surface area (Å²) in [4.78, 5) is 27.4. The van der Waals surface area contributed by atoms with Crippen LogP contribution in [0.25, 0.3) is 0 Å². The minimum atomic E-state index is -0.649. The molecule has 1 fully saturated rings. The van der Waals surface area contributed by atoms with Crippen molar-refractivity contribution in [1.82, 2.24) is 15.3 Å². The zero-order valence-corrected chi connectivity index (χ0v) is 9.28. The van der Waals surface area contributed by atoms with Crippen LogP contribution in [0.15, 0.2) is 11.0 Å². The lowest BCUT2D eigenvalue weighted by atomic mass is 9.91. The number of amides is 1. The van der Waals surface area contributed by atoms with Gasteiger partial charge in [-0.2, -0.15) is 0 Å². The highest BCUT2D eigenvalue weighted by molar-refractivity contribution is 5.92. The monoisotopic (exact) mass is 241 g/mol. The lowest BCUT2D eigenvalue weighted by molar-refractivity contribution is 0.0124. The molecule has 1 aromatic rings. The third-order valence-electron chi connectivity index (χ3n) is 2.97. The molecule has 0 unspecified atom stereocenters. The quantitative estimate of drug-likeness (QED) is 0.543. The molecule has 17 heavy (non-hydrogen) atoms. The number of carbonyl (C=O) groups is 1. The summed E-state index contributed by atoms with van der Waals surface area (Å²) in [6, 6.07) is 0. The van der Waals surface area contributed by atoms with Crippen molar-refractivity contribution in [3.63, 3.8) is 0 Å². The lowest BCUT2D eigenvalue weighted by Gasteiger charge is -2.36. The van der Waals surface area contributed by atoms with Gasteiger partial charge in [-0.3, -0.25) is 4.79 Å². The van der Waals surface area contributed by atoms with Crippen LogP contribution in [0.1, 0.15) is 23.3 Å². The summed E-state index contributed by atoms with van der Waals surface area (Å²) in [5.74, 6) is -0.403. The summed E-state index contributed by atoms with van der Waals surface area (Å²) in [6.45, 7) is 0.867. The van der Waals surface area contributed by atoms with Crippen LogP contribution in [0.2, 0.25) is 0 Å². The first kappa shape index (κ1) is 11.9. The summed E-state index contributed by atoms with van der Waals surface area (Å²) < 4.78 is 5.19. The van der Waals surface area contributed by atoms with E-state index in [4.69, 9.17) is 4.74 Å². The minimum Gasteiger partial charge on any atom is -0.394 e. The zero-order chi connectivity index (χ0) is 12.3. The van der Waals surface area contributed by atoms with E-state index in [1.807, 2.05) is 0 Å². The van der Waals surface area contributed by atoms with Crippen molar-refractivity contribution < 1.29 is 14.6 Å². The van der Waals surface area contributed by atoms with Gasteiger partial charge in [0.2, 0.25) is 0 Å². The Morgan fingerprint density at radius 2 is 2.24 bits per heavy atom. The molecule has 1 aliphatic heterocycles. The van der Waals surface area contributed by atoms with Crippen LogP contribution in [-0.4, -0.2) is 46.3 Å². The van der Waals surface area contributed by atoms with E-state index in [9.17, 15) is 14.7 Å². The molecule has 94 valence electrons. The highest BCUT2D eigenvalue weighted by atomic mass is 16.5. The van der Waals surface area contributed by atoms with Gasteiger partial charge in [-0.25, -0.2) is 4.79 Å². The number of hydrogen-bond donors (Lipinski definition) is 4. The van der Waals surface area contributed by atoms with E-state index in [-0.39, 0.29) is 12.3 Å². The molecule has 0 spiro atoms. The number of imidazole rings is 1. The molecule has 0 radical (unpaired) electrons. The molecule has 2 heterocycles. The number of nitrogens with one attached hydrogen (secondary N) is 3. The van der Waals surface area contributed by atoms with E-state index in [2.05, 4.69) is 15.3 Å². The molecule has 0 saturated carbocycles. The Morgan fingerprint density at radius 3 is 2.76 bits per heavy atom. The molecular formula is C10H15N3O4. The number of hydrogen-bond acceptors (Lipinski definition) is 4. The molecule has 0 aliphatic carbocycles. The van der Waals surface area contributed by atoms with E-state index >= 15 is 0 Å². The molecule has 1 aliphatic rings. The standard InChI is InChI=1S/C10H15N3O4/c14-6-10(1-3-17-4-2-10)13-8(15)7-5-11-9(16)12-7/h5,14H,1-4,6H2,(H,13,15)(H2,11,12,16). The maximum atomic E-state index is 11.8. The normalized spacial score (nSPS) is 18.9. The van der Waals surface area contributed by atoms with Crippen LogP contribution < -0.4 is 11.0 Å². The van der Waals surface area contributed by atoms with Crippen LogP contribution in [0.4, 0.5) is 0 Å². The van der Waals surface area contributed by atoms with Crippen LogP contribution >= 0.6 is 0 Å². The molecular weight excluding hydrogens is 226 g/mol. The highest BCUT2D eigenvalue weighted by Crippen LogP contribution is 2.20. The second-order valence-corrected chi connectivity index (χ2v) is 4.16. The van der Waals surface area contributed by atoms with Gasteiger partial charge in [-0.15, -0.1) is 0 Å². The number of aliphatic hydroxyl groups excluding tert-OH is 1. The predicted octanol–water partition coefficient (Wildman–Crippen LogP) is -1.03. The largest absolute Gasteiger partial charge is 0.394 e. The first-order chi connectivity index (χ1) is 8.15. The van der Waals surface area contributed by atoms with Crippen molar-refractivity contribution in [2.24, 2.45) is 0 Å². The predicted molar refractivity (Wildman–Crippen MR) is 58.7 cm³/mol. The number of aliphatic hydroxyl groups is 1. The lowest BCUT2D eigenvalue weighted by Crippen LogP contribution is -2.54. The van der Waals surface area contributed by atoms with E-state index in [0.29, 0.717) is 26.1 Å². The SMILES string of the molecule is O=C(NC1(CO)CCOCC1)c1c[nH]c(=O)[nH]1. The molecule has 7 nitrogen and oxygen atoms in total. The maximum Gasteiger partial charge on any atom is 0.323 e. The average molecular weight is 241 g/mol. The summed E-state index contributed by atoms with van der Waals surface area (Å²) in [5, 5.41) is 12.1. The van der Waals surface area contributed by atoms with Gasteiger partial charge in [0.1, 0.15) is 5.69 Å². The maximum absolute atomic E-state index is 11.8. The van der Waals surface area contributed by atoms with Gasteiger partial charge in [0.25, 0.3) is 5.91 Å². The molecule has 7 heteroatoms. The summed E-state index contributed by atoms with van der Waals surface area (Å²) >= 11 is 0. The van der Waals surface area contributed by atoms with Gasteiger partial charge < -0.3 is 25.1 Å². The Balaban J connectivity index is 2.08. The van der Waals surface area contributed by atoms with Crippen LogP contribution in [-0.2, 0) is 4.74 Å². The Labute approximate surface area is 97.2 Å². The van der Waals surface area contributed by atoms with Crippen molar-refractivity contribution in [2.45, 2.75) is 18.4 Å². The van der Waals surface area contributed by atoms with Gasteiger partial charge in [0.15, 0.2) is 0 Å². The third-order valence-corrected chi connectivity index (χ3v) is 2.97. The Bertz CT molecular complexity index is 444. The smallest absolute Gasteiger partial charge is 0.323 e. The Hall–Kier alpha value is -1.60. The minimum absolute atomic E-state index is 0.142. The number of carbonyl (C=O) groups excluding carboxylic acids is 1. The molecule has 0 aromatic carbocycles. The summed E-state index contributed by atoms with van der Waals surface area (Å²) in [7, 11) is 0. The van der Waals surface area contributed by atoms with Crippen molar-refractivity contribution >= 4 is 5.91 Å². The van der Waals surface area contributed by atoms with E-state index in [0.717, 1.165) is 0 Å². The van der Waals surface area contributed by atoms with Crippen molar-refractivity contribution in [1.29, 1.82) is 0 Å². The molecule has 2 rings (SSSR count). The second-order valence-electron chi connectivity index (χ2n) is 4.16. The van der Waals surface area contributed by atoms with Crippen molar-refractivity contribution in [2.75, 3.05) is 19.8 Å². The fraction of sp³-hybridized carbons (Fsp3) is 0.600. The van der Waals surface area contributed by atoms with Gasteiger partial charge in [0.05, 0.1) is 12.1 Å². The molecule has 1 aromatic heterocycles. The number of ether oxygens (including phenoxy) is 1. The Morgan fingerprint density at radius 1 is 1.53 bits per heavy atom. The molecule has 1 saturated heterocycles. The summed E-state index contributed by atoms with van der Waals surface area (Å²) in [6.07, 6.45) is 2.43. The fourth-order valence-electron chi connectivity index (χ4n) is 1.85. The van der Waals surface area contributed by atoms with Gasteiger partial charge in [-0.05, 0) is 12.8 Å². The van der Waals surface area contributed by atoms with E-state index in [1.54, 1.807) is 0 Å². The summed E-state index contributed by atoms with van der Waals surface area (Å²) in [5.41, 5.74) is -0.918. The topological polar surface area (TPSA) is 107 Å². The van der Waals surface area contributed by atoms with Crippen molar-refractivity contribution in [3.8, 4) is 0 Å². The first-order valence-electron chi connectivity index (χ1n) is 5.44. The van der Waals surface area contributed by atoms with E-state index < -0.39 is 17.1 Å². The molecule has 0 bridgehead atoms. The highest BCUT2D eigenvalue weighted by Gasteiger charge is 2.34. The average Bonchev–Trinajstić information content (AvgIpc) is 2.77. The van der Waals surface area contributed by atoms with Crippen LogP contribution in [0.3, 0.4) is 0 Å². The number of aromatic nitrogens is 2. The first-order valence-corrected chi connectivity index (χ1v) is 5.44. The number of rotatable bonds is 3. The van der Waals surface area contributed by atoms with E-state index in [1.165, 1.54) is 6.20 Å². The van der Waals surface area contributed by atoms with Crippen LogP contribution in [0, 0.1) is 0 Å². The molecule has 0 atom stereocenters. The Kier molecular flexibility index (Phi) is 3.30. The van der Waals surface area contributed by atoms with Gasteiger partial charge in [0, 0.05) is 19.4 Å². The molecule has 1 amide bonds. The number of aromatic amines is 2. The number of H-pyrrole nitrogens is 2. The van der Waals surface area contributed by atoms with Gasteiger partial charge in [-0.1, -0.05) is 0 Å². The van der Waals surface area contributed by atoms with Crippen LogP contribution in [0.5, 0.6) is 0 Å². The van der Waals surface area contributed by atoms with Gasteiger partial charge >= 0.3 is 5.69 Å². The third kappa shape index (κ3) is 2.56.